The van der Waals surface area contributed by atoms with Crippen molar-refractivity contribution >= 4 is 35.3 Å². The number of nitrogens with zero attached hydrogens (tertiary/aromatic N) is 2. The summed E-state index contributed by atoms with van der Waals surface area (Å²) in [6.07, 6.45) is 0. The number of amides is 2. The minimum atomic E-state index is 0.0382. The first-order valence-corrected chi connectivity index (χ1v) is 11.6. The van der Waals surface area contributed by atoms with Gasteiger partial charge in [-0.3, -0.25) is 9.59 Å². The van der Waals surface area contributed by atoms with E-state index in [9.17, 15) is 9.59 Å². The molecule has 28 heavy (non-hydrogen) atoms. The first-order valence-electron chi connectivity index (χ1n) is 9.48. The van der Waals surface area contributed by atoms with Gasteiger partial charge < -0.3 is 9.80 Å². The second-order valence-corrected chi connectivity index (χ2v) is 9.46. The molecule has 2 aromatic rings. The molecule has 6 heteroatoms. The first-order chi connectivity index (χ1) is 13.5. The van der Waals surface area contributed by atoms with E-state index in [4.69, 9.17) is 0 Å². The van der Waals surface area contributed by atoms with Crippen LogP contribution < -0.4 is 0 Å². The van der Waals surface area contributed by atoms with Crippen molar-refractivity contribution in [2.24, 2.45) is 0 Å². The van der Waals surface area contributed by atoms with Gasteiger partial charge in [0, 0.05) is 13.1 Å². The molecule has 2 aliphatic heterocycles. The van der Waals surface area contributed by atoms with Gasteiger partial charge in [0.2, 0.25) is 11.8 Å². The van der Waals surface area contributed by atoms with Crippen molar-refractivity contribution in [2.45, 2.75) is 24.6 Å². The fourth-order valence-electron chi connectivity index (χ4n) is 3.62. The highest BCUT2D eigenvalue weighted by Crippen LogP contribution is 2.41. The topological polar surface area (TPSA) is 40.6 Å². The average Bonchev–Trinajstić information content (AvgIpc) is 3.24. The monoisotopic (exact) mass is 412 g/mol. The molecule has 0 saturated carbocycles. The zero-order valence-electron chi connectivity index (χ0n) is 16.1. The average molecular weight is 413 g/mol. The fourth-order valence-corrected chi connectivity index (χ4v) is 6.06. The Kier molecular flexibility index (Phi) is 5.69. The van der Waals surface area contributed by atoms with Crippen LogP contribution in [0.5, 0.6) is 0 Å². The van der Waals surface area contributed by atoms with Gasteiger partial charge in [-0.2, -0.15) is 0 Å². The quantitative estimate of drug-likeness (QED) is 0.740. The Labute approximate surface area is 174 Å². The number of benzene rings is 2. The summed E-state index contributed by atoms with van der Waals surface area (Å²) in [4.78, 5) is 28.9. The highest BCUT2D eigenvalue weighted by molar-refractivity contribution is 8.00. The van der Waals surface area contributed by atoms with Crippen LogP contribution in [0, 0.1) is 13.8 Å². The van der Waals surface area contributed by atoms with Crippen molar-refractivity contribution in [1.82, 2.24) is 9.80 Å². The Morgan fingerprint density at radius 2 is 1.07 bits per heavy atom. The maximum atomic E-state index is 12.5. The van der Waals surface area contributed by atoms with Crippen molar-refractivity contribution in [3.05, 3.63) is 70.8 Å². The molecular formula is C22H24N2O2S2. The van der Waals surface area contributed by atoms with E-state index in [1.807, 2.05) is 9.80 Å². The van der Waals surface area contributed by atoms with E-state index in [-0.39, 0.29) is 22.6 Å². The van der Waals surface area contributed by atoms with Gasteiger partial charge in [-0.15, -0.1) is 23.5 Å². The summed E-state index contributed by atoms with van der Waals surface area (Å²) in [6, 6.07) is 16.8. The summed E-state index contributed by atoms with van der Waals surface area (Å²) >= 11 is 3.33. The molecule has 2 atom stereocenters. The summed E-state index contributed by atoms with van der Waals surface area (Å²) in [5, 5.41) is 0.0765. The molecule has 2 amide bonds. The molecule has 0 N–H and O–H groups in total. The SMILES string of the molecule is Cc1ccc([C@H]2SCC(=O)N2CCN2C(=O)CS[C@@H]2c2ccc(C)cc2)cc1. The summed E-state index contributed by atoms with van der Waals surface area (Å²) in [5.41, 5.74) is 4.73. The molecule has 0 aromatic heterocycles. The zero-order chi connectivity index (χ0) is 19.7. The standard InChI is InChI=1S/C22H24N2O2S2/c1-15-3-7-17(8-4-15)21-23(19(25)13-27-21)11-12-24-20(26)14-28-22(24)18-9-5-16(2)6-10-18/h3-10,21-22H,11-14H2,1-2H3/t21-,22-/m1/s1. The molecule has 0 bridgehead atoms. The number of hydrogen-bond acceptors (Lipinski definition) is 4. The van der Waals surface area contributed by atoms with Gasteiger partial charge in [0.15, 0.2) is 0 Å². The minimum absolute atomic E-state index is 0.0382. The van der Waals surface area contributed by atoms with Crippen molar-refractivity contribution in [3.63, 3.8) is 0 Å². The molecular weight excluding hydrogens is 388 g/mol. The van der Waals surface area contributed by atoms with Gasteiger partial charge in [0.25, 0.3) is 0 Å². The molecule has 2 heterocycles. The molecule has 146 valence electrons. The largest absolute Gasteiger partial charge is 0.324 e. The van der Waals surface area contributed by atoms with E-state index < -0.39 is 0 Å². The number of thioether (sulfide) groups is 2. The van der Waals surface area contributed by atoms with E-state index in [1.54, 1.807) is 23.5 Å². The van der Waals surface area contributed by atoms with Crippen LogP contribution in [-0.2, 0) is 9.59 Å². The fraction of sp³-hybridized carbons (Fsp3) is 0.364. The summed E-state index contributed by atoms with van der Waals surface area (Å²) in [5.74, 6) is 1.31. The third-order valence-electron chi connectivity index (χ3n) is 5.24. The molecule has 0 aliphatic carbocycles. The Morgan fingerprint density at radius 3 is 1.43 bits per heavy atom. The second kappa shape index (κ2) is 8.21. The highest BCUT2D eigenvalue weighted by Gasteiger charge is 2.36. The summed E-state index contributed by atoms with van der Waals surface area (Å²) in [7, 11) is 0. The van der Waals surface area contributed by atoms with Gasteiger partial charge in [-0.25, -0.2) is 0 Å². The van der Waals surface area contributed by atoms with Crippen LogP contribution in [0.4, 0.5) is 0 Å². The van der Waals surface area contributed by atoms with E-state index >= 15 is 0 Å². The first kappa shape index (κ1) is 19.4. The normalized spacial score (nSPS) is 22.4. The van der Waals surface area contributed by atoms with Crippen molar-refractivity contribution in [1.29, 1.82) is 0 Å². The van der Waals surface area contributed by atoms with E-state index in [0.717, 1.165) is 11.1 Å². The number of aryl methyl sites for hydroxylation is 2. The number of carbonyl (C=O) groups excluding carboxylic acids is 2. The van der Waals surface area contributed by atoms with Crippen LogP contribution in [0.2, 0.25) is 0 Å². The lowest BCUT2D eigenvalue weighted by molar-refractivity contribution is -0.132. The molecule has 4 nitrogen and oxygen atoms in total. The van der Waals surface area contributed by atoms with Crippen molar-refractivity contribution in [3.8, 4) is 0 Å². The third-order valence-corrected chi connectivity index (χ3v) is 7.76. The van der Waals surface area contributed by atoms with E-state index in [2.05, 4.69) is 62.4 Å². The van der Waals surface area contributed by atoms with Gasteiger partial charge in [0.05, 0.1) is 11.5 Å². The number of hydrogen-bond donors (Lipinski definition) is 0. The zero-order valence-corrected chi connectivity index (χ0v) is 17.8. The molecule has 0 spiro atoms. The molecule has 2 saturated heterocycles. The number of rotatable bonds is 5. The van der Waals surface area contributed by atoms with Crippen LogP contribution in [0.15, 0.2) is 48.5 Å². The molecule has 0 radical (unpaired) electrons. The Morgan fingerprint density at radius 1 is 0.714 bits per heavy atom. The molecule has 2 fully saturated rings. The summed E-state index contributed by atoms with van der Waals surface area (Å²) < 4.78 is 0. The minimum Gasteiger partial charge on any atom is -0.324 e. The lowest BCUT2D eigenvalue weighted by atomic mass is 10.1. The van der Waals surface area contributed by atoms with Gasteiger partial charge in [0.1, 0.15) is 10.7 Å². The van der Waals surface area contributed by atoms with Crippen LogP contribution in [-0.4, -0.2) is 46.2 Å². The van der Waals surface area contributed by atoms with E-state index in [0.29, 0.717) is 24.6 Å². The molecule has 4 rings (SSSR count). The summed E-state index contributed by atoms with van der Waals surface area (Å²) in [6.45, 7) is 5.27. The van der Waals surface area contributed by atoms with Gasteiger partial charge in [-0.05, 0) is 25.0 Å². The lowest BCUT2D eigenvalue weighted by Gasteiger charge is -2.29. The third kappa shape index (κ3) is 3.94. The molecule has 2 aromatic carbocycles. The maximum Gasteiger partial charge on any atom is 0.233 e. The van der Waals surface area contributed by atoms with Gasteiger partial charge in [-0.1, -0.05) is 59.7 Å². The Hall–Kier alpha value is -1.92. The number of carbonyl (C=O) groups is 2. The maximum absolute atomic E-state index is 12.5. The molecule has 2 aliphatic rings. The predicted molar refractivity (Wildman–Crippen MR) is 116 cm³/mol. The van der Waals surface area contributed by atoms with Gasteiger partial charge >= 0.3 is 0 Å². The Bertz CT molecular complexity index is 794. The Balaban J connectivity index is 1.48. The van der Waals surface area contributed by atoms with Crippen LogP contribution >= 0.6 is 23.5 Å². The van der Waals surface area contributed by atoms with Crippen LogP contribution in [0.3, 0.4) is 0 Å². The van der Waals surface area contributed by atoms with Crippen molar-refractivity contribution < 1.29 is 9.59 Å². The van der Waals surface area contributed by atoms with Crippen molar-refractivity contribution in [2.75, 3.05) is 24.6 Å². The lowest BCUT2D eigenvalue weighted by Crippen LogP contribution is -2.39. The molecule has 0 unspecified atom stereocenters. The van der Waals surface area contributed by atoms with Crippen LogP contribution in [0.1, 0.15) is 33.0 Å². The van der Waals surface area contributed by atoms with Crippen LogP contribution in [0.25, 0.3) is 0 Å². The van der Waals surface area contributed by atoms with E-state index in [1.165, 1.54) is 11.1 Å². The second-order valence-electron chi connectivity index (χ2n) is 7.32. The predicted octanol–water partition coefficient (Wildman–Crippen LogP) is 4.15. The highest BCUT2D eigenvalue weighted by atomic mass is 32.2. The smallest absolute Gasteiger partial charge is 0.233 e.